The number of para-hydroxylation sites is 5. The minimum absolute atomic E-state index is 0.663. The quantitative estimate of drug-likeness (QED) is 0.177. The van der Waals surface area contributed by atoms with Crippen molar-refractivity contribution >= 4 is 65.6 Å². The van der Waals surface area contributed by atoms with Crippen LogP contribution >= 0.6 is 0 Å². The number of nitrogens with zero attached hydrogens (tertiary/aromatic N) is 4. The first-order valence-electron chi connectivity index (χ1n) is 19.3. The van der Waals surface area contributed by atoms with Crippen LogP contribution in [0.1, 0.15) is 0 Å². The van der Waals surface area contributed by atoms with Crippen molar-refractivity contribution in [3.8, 4) is 45.3 Å². The van der Waals surface area contributed by atoms with Crippen molar-refractivity contribution in [1.82, 2.24) is 19.1 Å². The SMILES string of the molecule is c1ccc(-c2cc(-c3cc4c(oc5ccccc54)c(-n4c5ccccc5c5ccccc54)c3-n3c4ccccc4c4ccccc43)nc(-c3ccccc3)n2)cc1. The summed E-state index contributed by atoms with van der Waals surface area (Å²) in [7, 11) is 0. The number of hydrogen-bond acceptors (Lipinski definition) is 3. The molecule has 12 aromatic rings. The molecule has 0 unspecified atom stereocenters. The standard InChI is InChI=1S/C52H32N4O/c1-3-17-33(18-4-1)42-32-43(54-52(53-42)34-19-5-2-6-20-34)41-31-40-39-25-11-16-30-48(39)57-51(40)50(56-46-28-14-9-23-37(46)38-24-10-15-29-47(38)56)49(41)55-44-26-12-7-21-35(44)36-22-8-13-27-45(36)55/h1-32H. The number of fused-ring (bicyclic) bond motifs is 9. The van der Waals surface area contributed by atoms with Gasteiger partial charge in [0.15, 0.2) is 11.4 Å². The lowest BCUT2D eigenvalue weighted by Gasteiger charge is -2.21. The molecule has 0 bridgehead atoms. The lowest BCUT2D eigenvalue weighted by atomic mass is 9.99. The molecule has 0 fully saturated rings. The maximum absolute atomic E-state index is 7.08. The minimum atomic E-state index is 0.663. The van der Waals surface area contributed by atoms with Gasteiger partial charge in [0.05, 0.1) is 39.1 Å². The summed E-state index contributed by atoms with van der Waals surface area (Å²) >= 11 is 0. The van der Waals surface area contributed by atoms with Gasteiger partial charge in [-0.15, -0.1) is 0 Å². The highest BCUT2D eigenvalue weighted by Crippen LogP contribution is 2.47. The fourth-order valence-electron chi connectivity index (χ4n) is 8.85. The molecule has 0 spiro atoms. The first kappa shape index (κ1) is 31.6. The Balaban J connectivity index is 1.34. The zero-order valence-corrected chi connectivity index (χ0v) is 30.7. The van der Waals surface area contributed by atoms with Gasteiger partial charge in [-0.25, -0.2) is 9.97 Å². The second-order valence-corrected chi connectivity index (χ2v) is 14.5. The van der Waals surface area contributed by atoms with Gasteiger partial charge in [0.2, 0.25) is 0 Å². The molecule has 266 valence electrons. The number of aromatic nitrogens is 4. The van der Waals surface area contributed by atoms with E-state index in [9.17, 15) is 0 Å². The lowest BCUT2D eigenvalue weighted by molar-refractivity contribution is 0.666. The van der Waals surface area contributed by atoms with Gasteiger partial charge in [-0.05, 0) is 42.5 Å². The predicted octanol–water partition coefficient (Wildman–Crippen LogP) is 13.6. The Kier molecular flexibility index (Phi) is 6.86. The molecule has 5 nitrogen and oxygen atoms in total. The molecule has 0 N–H and O–H groups in total. The maximum atomic E-state index is 7.08. The Bertz CT molecular complexity index is 3360. The van der Waals surface area contributed by atoms with Gasteiger partial charge < -0.3 is 13.6 Å². The number of benzene rings is 8. The summed E-state index contributed by atoms with van der Waals surface area (Å²) in [6.07, 6.45) is 0. The van der Waals surface area contributed by atoms with Crippen molar-refractivity contribution in [2.45, 2.75) is 0 Å². The Hall–Kier alpha value is -7.76. The molecule has 0 aliphatic heterocycles. The highest BCUT2D eigenvalue weighted by molar-refractivity contribution is 6.17. The van der Waals surface area contributed by atoms with Crippen molar-refractivity contribution in [2.75, 3.05) is 0 Å². The van der Waals surface area contributed by atoms with Crippen molar-refractivity contribution in [3.63, 3.8) is 0 Å². The topological polar surface area (TPSA) is 48.8 Å². The summed E-state index contributed by atoms with van der Waals surface area (Å²) in [5.74, 6) is 0.663. The van der Waals surface area contributed by atoms with Crippen LogP contribution in [0.5, 0.6) is 0 Å². The smallest absolute Gasteiger partial charge is 0.161 e. The van der Waals surface area contributed by atoms with Gasteiger partial charge >= 0.3 is 0 Å². The molecular formula is C52H32N4O. The van der Waals surface area contributed by atoms with Crippen LogP contribution in [-0.2, 0) is 0 Å². The third kappa shape index (κ3) is 4.76. The summed E-state index contributed by atoms with van der Waals surface area (Å²) in [6.45, 7) is 0. The van der Waals surface area contributed by atoms with E-state index in [1.807, 2.05) is 30.3 Å². The second kappa shape index (κ2) is 12.4. The van der Waals surface area contributed by atoms with E-state index in [1.165, 1.54) is 21.5 Å². The highest BCUT2D eigenvalue weighted by atomic mass is 16.3. The van der Waals surface area contributed by atoms with Crippen LogP contribution in [0.15, 0.2) is 199 Å². The molecule has 0 saturated heterocycles. The Morgan fingerprint density at radius 2 is 0.789 bits per heavy atom. The molecule has 0 aliphatic carbocycles. The predicted molar refractivity (Wildman–Crippen MR) is 234 cm³/mol. The fourth-order valence-corrected chi connectivity index (χ4v) is 8.85. The molecule has 4 heterocycles. The van der Waals surface area contributed by atoms with E-state index >= 15 is 0 Å². The van der Waals surface area contributed by atoms with Crippen LogP contribution in [0, 0.1) is 0 Å². The summed E-state index contributed by atoms with van der Waals surface area (Å²) < 4.78 is 11.9. The van der Waals surface area contributed by atoms with E-state index < -0.39 is 0 Å². The maximum Gasteiger partial charge on any atom is 0.161 e. The van der Waals surface area contributed by atoms with Gasteiger partial charge in [-0.1, -0.05) is 152 Å². The van der Waals surface area contributed by atoms with Crippen LogP contribution in [0.25, 0.3) is 111 Å². The molecule has 8 aromatic carbocycles. The first-order chi connectivity index (χ1) is 28.3. The summed E-state index contributed by atoms with van der Waals surface area (Å²) in [6, 6.07) is 68.2. The average molecular weight is 729 g/mol. The van der Waals surface area contributed by atoms with Crippen LogP contribution in [0.4, 0.5) is 0 Å². The second-order valence-electron chi connectivity index (χ2n) is 14.5. The normalized spacial score (nSPS) is 11.9. The molecule has 0 saturated carbocycles. The molecule has 0 amide bonds. The highest BCUT2D eigenvalue weighted by Gasteiger charge is 2.28. The molecule has 0 radical (unpaired) electrons. The van der Waals surface area contributed by atoms with Gasteiger partial charge in [-0.3, -0.25) is 0 Å². The largest absolute Gasteiger partial charge is 0.454 e. The van der Waals surface area contributed by atoms with Crippen LogP contribution in [-0.4, -0.2) is 19.1 Å². The molecule has 57 heavy (non-hydrogen) atoms. The minimum Gasteiger partial charge on any atom is -0.454 e. The summed E-state index contributed by atoms with van der Waals surface area (Å²) in [5, 5.41) is 6.77. The molecular weight excluding hydrogens is 697 g/mol. The van der Waals surface area contributed by atoms with Crippen molar-refractivity contribution in [2.24, 2.45) is 0 Å². The zero-order valence-electron chi connectivity index (χ0n) is 30.7. The van der Waals surface area contributed by atoms with Crippen LogP contribution in [0.3, 0.4) is 0 Å². The first-order valence-corrected chi connectivity index (χ1v) is 19.3. The van der Waals surface area contributed by atoms with Crippen LogP contribution in [0.2, 0.25) is 0 Å². The van der Waals surface area contributed by atoms with Crippen molar-refractivity contribution in [1.29, 1.82) is 0 Å². The number of furan rings is 1. The molecule has 12 rings (SSSR count). The van der Waals surface area contributed by atoms with Gasteiger partial charge in [-0.2, -0.15) is 0 Å². The van der Waals surface area contributed by atoms with Gasteiger partial charge in [0.1, 0.15) is 11.3 Å². The van der Waals surface area contributed by atoms with Crippen molar-refractivity contribution < 1.29 is 4.42 Å². The van der Waals surface area contributed by atoms with E-state index in [0.29, 0.717) is 5.82 Å². The van der Waals surface area contributed by atoms with E-state index in [2.05, 4.69) is 173 Å². The number of hydrogen-bond donors (Lipinski definition) is 0. The van der Waals surface area contributed by atoms with Crippen LogP contribution < -0.4 is 0 Å². The average Bonchev–Trinajstić information content (AvgIpc) is 3.94. The van der Waals surface area contributed by atoms with E-state index in [0.717, 1.165) is 83.5 Å². The monoisotopic (exact) mass is 728 g/mol. The third-order valence-corrected chi connectivity index (χ3v) is 11.3. The molecule has 4 aromatic heterocycles. The Labute approximate surface area is 327 Å². The Morgan fingerprint density at radius 3 is 1.35 bits per heavy atom. The number of rotatable bonds is 5. The summed E-state index contributed by atoms with van der Waals surface area (Å²) in [4.78, 5) is 10.7. The molecule has 0 aliphatic rings. The van der Waals surface area contributed by atoms with E-state index in [1.54, 1.807) is 0 Å². The third-order valence-electron chi connectivity index (χ3n) is 11.3. The van der Waals surface area contributed by atoms with Crippen molar-refractivity contribution in [3.05, 3.63) is 194 Å². The lowest BCUT2D eigenvalue weighted by Crippen LogP contribution is -2.07. The molecule has 5 heteroatoms. The van der Waals surface area contributed by atoms with E-state index in [-0.39, 0.29) is 0 Å². The summed E-state index contributed by atoms with van der Waals surface area (Å²) in [5.41, 5.74) is 12.5. The Morgan fingerprint density at radius 1 is 0.351 bits per heavy atom. The van der Waals surface area contributed by atoms with Gasteiger partial charge in [0.25, 0.3) is 0 Å². The molecule has 0 atom stereocenters. The zero-order chi connectivity index (χ0) is 37.5. The fraction of sp³-hybridized carbons (Fsp3) is 0. The van der Waals surface area contributed by atoms with Gasteiger partial charge in [0, 0.05) is 49.0 Å². The van der Waals surface area contributed by atoms with E-state index in [4.69, 9.17) is 14.4 Å².